The van der Waals surface area contributed by atoms with Gasteiger partial charge in [-0.15, -0.1) is 5.73 Å². The summed E-state index contributed by atoms with van der Waals surface area (Å²) in [5.74, 6) is 0.135. The molecule has 0 radical (unpaired) electrons. The SMILES string of the molecule is Cc1cccc(CC(=O)C2=CC=CC=C=C2)c1C. The van der Waals surface area contributed by atoms with Crippen molar-refractivity contribution in [2.45, 2.75) is 20.3 Å². The second kappa shape index (κ2) is 5.48. The summed E-state index contributed by atoms with van der Waals surface area (Å²) >= 11 is 0. The van der Waals surface area contributed by atoms with Crippen LogP contribution in [0.1, 0.15) is 16.7 Å². The Morgan fingerprint density at radius 1 is 1.22 bits per heavy atom. The predicted molar refractivity (Wildman–Crippen MR) is 74.5 cm³/mol. The second-order valence-electron chi connectivity index (χ2n) is 4.44. The molecule has 1 aliphatic carbocycles. The van der Waals surface area contributed by atoms with E-state index in [2.05, 4.69) is 25.6 Å². The average Bonchev–Trinajstić information content (AvgIpc) is 2.63. The molecular weight excluding hydrogens is 220 g/mol. The van der Waals surface area contributed by atoms with E-state index in [0.29, 0.717) is 12.0 Å². The molecule has 1 aromatic rings. The lowest BCUT2D eigenvalue weighted by Gasteiger charge is -2.07. The molecule has 1 aliphatic rings. The maximum atomic E-state index is 12.2. The van der Waals surface area contributed by atoms with Crippen LogP contribution in [0.5, 0.6) is 0 Å². The third-order valence-corrected chi connectivity index (χ3v) is 3.21. The van der Waals surface area contributed by atoms with Gasteiger partial charge < -0.3 is 0 Å². The summed E-state index contributed by atoms with van der Waals surface area (Å²) in [4.78, 5) is 12.2. The molecule has 0 aliphatic heterocycles. The van der Waals surface area contributed by atoms with E-state index in [-0.39, 0.29) is 5.78 Å². The molecule has 0 unspecified atom stereocenters. The van der Waals surface area contributed by atoms with Gasteiger partial charge in [0.05, 0.1) is 0 Å². The quantitative estimate of drug-likeness (QED) is 0.732. The van der Waals surface area contributed by atoms with E-state index in [1.165, 1.54) is 11.1 Å². The van der Waals surface area contributed by atoms with Crippen LogP contribution in [0.2, 0.25) is 0 Å². The van der Waals surface area contributed by atoms with Gasteiger partial charge in [-0.25, -0.2) is 0 Å². The van der Waals surface area contributed by atoms with E-state index >= 15 is 0 Å². The van der Waals surface area contributed by atoms with E-state index < -0.39 is 0 Å². The molecule has 90 valence electrons. The maximum absolute atomic E-state index is 12.2. The largest absolute Gasteiger partial charge is 0.294 e. The number of hydrogen-bond acceptors (Lipinski definition) is 1. The molecule has 0 atom stereocenters. The Labute approximate surface area is 108 Å². The summed E-state index contributed by atoms with van der Waals surface area (Å²) in [5, 5.41) is 0. The minimum atomic E-state index is 0.135. The fourth-order valence-electron chi connectivity index (χ4n) is 1.91. The van der Waals surface area contributed by atoms with Crippen LogP contribution >= 0.6 is 0 Å². The van der Waals surface area contributed by atoms with E-state index in [1.54, 1.807) is 12.2 Å². The minimum Gasteiger partial charge on any atom is -0.294 e. The number of carbonyl (C=O) groups excluding carboxylic acids is 1. The van der Waals surface area contributed by atoms with E-state index in [0.717, 1.165) is 5.56 Å². The van der Waals surface area contributed by atoms with Gasteiger partial charge in [-0.05, 0) is 42.7 Å². The van der Waals surface area contributed by atoms with Crippen molar-refractivity contribution in [1.29, 1.82) is 0 Å². The van der Waals surface area contributed by atoms with Crippen molar-refractivity contribution < 1.29 is 4.79 Å². The number of rotatable bonds is 3. The lowest BCUT2D eigenvalue weighted by molar-refractivity contribution is -0.114. The molecule has 0 aromatic heterocycles. The molecule has 0 spiro atoms. The van der Waals surface area contributed by atoms with Gasteiger partial charge in [-0.2, -0.15) is 0 Å². The molecule has 0 fully saturated rings. The van der Waals surface area contributed by atoms with Gasteiger partial charge in [0.15, 0.2) is 5.78 Å². The molecule has 0 bridgehead atoms. The van der Waals surface area contributed by atoms with Crippen LogP contribution in [-0.2, 0) is 11.2 Å². The lowest BCUT2D eigenvalue weighted by Crippen LogP contribution is -2.06. The number of carbonyl (C=O) groups is 1. The number of hydrogen-bond donors (Lipinski definition) is 0. The van der Waals surface area contributed by atoms with Crippen LogP contribution in [0.4, 0.5) is 0 Å². The maximum Gasteiger partial charge on any atom is 0.167 e. The first-order valence-electron chi connectivity index (χ1n) is 6.06. The molecule has 0 saturated heterocycles. The lowest BCUT2D eigenvalue weighted by atomic mass is 9.96. The molecule has 1 heteroatoms. The number of ketones is 1. The van der Waals surface area contributed by atoms with Crippen LogP contribution < -0.4 is 0 Å². The number of Topliss-reactive ketones (excluding diaryl/α,β-unsaturated/α-hetero) is 1. The van der Waals surface area contributed by atoms with Gasteiger partial charge in [-0.3, -0.25) is 4.79 Å². The summed E-state index contributed by atoms with van der Waals surface area (Å²) in [7, 11) is 0. The Balaban J connectivity index is 2.22. The fourth-order valence-corrected chi connectivity index (χ4v) is 1.91. The van der Waals surface area contributed by atoms with Gasteiger partial charge in [0.2, 0.25) is 0 Å². The van der Waals surface area contributed by atoms with Crippen molar-refractivity contribution in [2.75, 3.05) is 0 Å². The smallest absolute Gasteiger partial charge is 0.167 e. The average molecular weight is 236 g/mol. The van der Waals surface area contributed by atoms with Crippen LogP contribution in [0.3, 0.4) is 0 Å². The normalized spacial score (nSPS) is 13.3. The molecule has 1 nitrogen and oxygen atoms in total. The van der Waals surface area contributed by atoms with Crippen LogP contribution in [0, 0.1) is 13.8 Å². The molecule has 0 saturated carbocycles. The van der Waals surface area contributed by atoms with E-state index in [4.69, 9.17) is 0 Å². The van der Waals surface area contributed by atoms with Crippen LogP contribution in [-0.4, -0.2) is 5.78 Å². The Bertz CT molecular complexity index is 594. The van der Waals surface area contributed by atoms with Crippen molar-refractivity contribution >= 4 is 5.78 Å². The highest BCUT2D eigenvalue weighted by Gasteiger charge is 2.10. The van der Waals surface area contributed by atoms with Crippen molar-refractivity contribution in [3.63, 3.8) is 0 Å². The van der Waals surface area contributed by atoms with Crippen molar-refractivity contribution in [3.05, 3.63) is 76.6 Å². The third kappa shape index (κ3) is 2.77. The zero-order valence-electron chi connectivity index (χ0n) is 10.7. The highest BCUT2D eigenvalue weighted by atomic mass is 16.1. The van der Waals surface area contributed by atoms with E-state index in [9.17, 15) is 4.79 Å². The van der Waals surface area contributed by atoms with Gasteiger partial charge in [0, 0.05) is 12.0 Å². The first-order valence-corrected chi connectivity index (χ1v) is 6.06. The van der Waals surface area contributed by atoms with E-state index in [1.807, 2.05) is 30.4 Å². The number of benzene rings is 1. The number of aryl methyl sites for hydroxylation is 1. The zero-order chi connectivity index (χ0) is 13.0. The molecular formula is C17H16O. The van der Waals surface area contributed by atoms with Gasteiger partial charge in [0.1, 0.15) is 0 Å². The van der Waals surface area contributed by atoms with Crippen LogP contribution in [0.25, 0.3) is 0 Å². The standard InChI is InChI=1S/C17H16O/c1-13-8-7-11-16(14(13)2)12-17(18)15-9-5-3-4-6-10-15/h3-5,7-11H,12H2,1-2H3. The Morgan fingerprint density at radius 2 is 2.06 bits per heavy atom. The highest BCUT2D eigenvalue weighted by Crippen LogP contribution is 2.15. The first-order chi connectivity index (χ1) is 8.68. The summed E-state index contributed by atoms with van der Waals surface area (Å²) in [6.45, 7) is 4.13. The molecule has 0 amide bonds. The second-order valence-corrected chi connectivity index (χ2v) is 4.44. The molecule has 0 heterocycles. The zero-order valence-corrected chi connectivity index (χ0v) is 10.7. The molecule has 1 aromatic carbocycles. The molecule has 2 rings (SSSR count). The topological polar surface area (TPSA) is 17.1 Å². The van der Waals surface area contributed by atoms with Crippen molar-refractivity contribution in [1.82, 2.24) is 0 Å². The van der Waals surface area contributed by atoms with Gasteiger partial charge in [-0.1, -0.05) is 36.4 Å². The monoisotopic (exact) mass is 236 g/mol. The Kier molecular flexibility index (Phi) is 3.76. The summed E-state index contributed by atoms with van der Waals surface area (Å²) < 4.78 is 0. The van der Waals surface area contributed by atoms with Crippen molar-refractivity contribution in [3.8, 4) is 0 Å². The molecule has 0 N–H and O–H groups in total. The fraction of sp³-hybridized carbons (Fsp3) is 0.176. The Hall–Kier alpha value is -2.11. The summed E-state index contributed by atoms with van der Waals surface area (Å²) in [6, 6.07) is 6.09. The predicted octanol–water partition coefficient (Wildman–Crippen LogP) is 3.62. The molecule has 18 heavy (non-hydrogen) atoms. The van der Waals surface area contributed by atoms with Crippen LogP contribution in [0.15, 0.2) is 59.9 Å². The minimum absolute atomic E-state index is 0.135. The number of allylic oxidation sites excluding steroid dienone is 5. The van der Waals surface area contributed by atoms with Gasteiger partial charge in [0.25, 0.3) is 0 Å². The highest BCUT2D eigenvalue weighted by molar-refractivity contribution is 5.99. The summed E-state index contributed by atoms with van der Waals surface area (Å²) in [6.07, 6.45) is 9.57. The third-order valence-electron chi connectivity index (χ3n) is 3.21. The summed E-state index contributed by atoms with van der Waals surface area (Å²) in [5.41, 5.74) is 7.21. The Morgan fingerprint density at radius 3 is 2.89 bits per heavy atom. The first kappa shape index (κ1) is 12.3. The van der Waals surface area contributed by atoms with Crippen molar-refractivity contribution in [2.24, 2.45) is 0 Å². The van der Waals surface area contributed by atoms with Gasteiger partial charge >= 0.3 is 0 Å².